The fourth-order valence-electron chi connectivity index (χ4n) is 3.18. The number of benzene rings is 1. The number of carbonyl (C=O) groups is 2. The molecule has 0 atom stereocenters. The fourth-order valence-corrected chi connectivity index (χ4v) is 3.87. The molecule has 0 aromatic heterocycles. The van der Waals surface area contributed by atoms with E-state index in [1.807, 2.05) is 25.7 Å². The highest BCUT2D eigenvalue weighted by molar-refractivity contribution is 9.10. The van der Waals surface area contributed by atoms with Crippen molar-refractivity contribution in [1.82, 2.24) is 10.2 Å². The zero-order valence-electron chi connectivity index (χ0n) is 16.8. The third-order valence-electron chi connectivity index (χ3n) is 4.72. The zero-order valence-corrected chi connectivity index (χ0v) is 18.4. The first kappa shape index (κ1) is 21.7. The minimum absolute atomic E-state index is 0.209. The van der Waals surface area contributed by atoms with Crippen LogP contribution in [-0.4, -0.2) is 42.1 Å². The van der Waals surface area contributed by atoms with Gasteiger partial charge in [0, 0.05) is 30.5 Å². The van der Waals surface area contributed by atoms with E-state index in [1.165, 1.54) is 11.1 Å². The van der Waals surface area contributed by atoms with Crippen LogP contribution in [0.25, 0.3) is 0 Å². The van der Waals surface area contributed by atoms with Crippen molar-refractivity contribution in [3.05, 3.63) is 33.8 Å². The summed E-state index contributed by atoms with van der Waals surface area (Å²) in [5, 5.41) is 2.84. The van der Waals surface area contributed by atoms with Gasteiger partial charge in [-0.25, -0.2) is 4.79 Å². The topological polar surface area (TPSA) is 58.6 Å². The van der Waals surface area contributed by atoms with Gasteiger partial charge in [0.25, 0.3) is 0 Å². The van der Waals surface area contributed by atoms with Crippen molar-refractivity contribution >= 4 is 27.9 Å². The Kier molecular flexibility index (Phi) is 7.71. The first-order valence-electron chi connectivity index (χ1n) is 9.63. The SMILES string of the molecule is Cc1ccc(CCC(=O)N2CCC(CNC(=O)OC(C)(C)C)CC2)c(Br)c1. The summed E-state index contributed by atoms with van der Waals surface area (Å²) in [6.07, 6.45) is 2.73. The highest BCUT2D eigenvalue weighted by atomic mass is 79.9. The number of carbonyl (C=O) groups excluding carboxylic acids is 2. The van der Waals surface area contributed by atoms with Crippen LogP contribution in [0.4, 0.5) is 4.79 Å². The summed E-state index contributed by atoms with van der Waals surface area (Å²) in [6, 6.07) is 6.25. The van der Waals surface area contributed by atoms with Crippen LogP contribution in [0.2, 0.25) is 0 Å². The van der Waals surface area contributed by atoms with Gasteiger partial charge in [-0.1, -0.05) is 28.1 Å². The third-order valence-corrected chi connectivity index (χ3v) is 5.46. The zero-order chi connectivity index (χ0) is 20.0. The van der Waals surface area contributed by atoms with E-state index in [2.05, 4.69) is 46.4 Å². The molecule has 1 saturated heterocycles. The van der Waals surface area contributed by atoms with Crippen LogP contribution in [0.15, 0.2) is 22.7 Å². The number of halogens is 1. The molecule has 1 aromatic rings. The molecule has 6 heteroatoms. The average molecular weight is 439 g/mol. The summed E-state index contributed by atoms with van der Waals surface area (Å²) < 4.78 is 6.33. The van der Waals surface area contributed by atoms with Gasteiger partial charge in [-0.05, 0) is 70.1 Å². The van der Waals surface area contributed by atoms with Crippen LogP contribution in [-0.2, 0) is 16.0 Å². The number of piperidine rings is 1. The number of rotatable bonds is 5. The average Bonchev–Trinajstić information content (AvgIpc) is 2.58. The second-order valence-electron chi connectivity index (χ2n) is 8.30. The van der Waals surface area contributed by atoms with E-state index in [4.69, 9.17) is 4.74 Å². The smallest absolute Gasteiger partial charge is 0.407 e. The van der Waals surface area contributed by atoms with Crippen molar-refractivity contribution in [2.45, 2.75) is 59.0 Å². The van der Waals surface area contributed by atoms with Gasteiger partial charge in [-0.15, -0.1) is 0 Å². The molecule has 0 bridgehead atoms. The molecule has 1 aliphatic heterocycles. The van der Waals surface area contributed by atoms with Gasteiger partial charge >= 0.3 is 6.09 Å². The number of nitrogens with zero attached hydrogens (tertiary/aromatic N) is 1. The number of alkyl carbamates (subject to hydrolysis) is 1. The Morgan fingerprint density at radius 2 is 1.93 bits per heavy atom. The lowest BCUT2D eigenvalue weighted by atomic mass is 9.96. The summed E-state index contributed by atoms with van der Waals surface area (Å²) in [5.74, 6) is 0.605. The fraction of sp³-hybridized carbons (Fsp3) is 0.619. The predicted molar refractivity (Wildman–Crippen MR) is 111 cm³/mol. The molecule has 0 radical (unpaired) electrons. The van der Waals surface area contributed by atoms with Gasteiger partial charge in [0.1, 0.15) is 5.60 Å². The number of likely N-dealkylation sites (tertiary alicyclic amines) is 1. The minimum Gasteiger partial charge on any atom is -0.444 e. The van der Waals surface area contributed by atoms with E-state index in [1.54, 1.807) is 0 Å². The predicted octanol–water partition coefficient (Wildman–Crippen LogP) is 4.45. The number of ether oxygens (including phenoxy) is 1. The van der Waals surface area contributed by atoms with Gasteiger partial charge in [-0.2, -0.15) is 0 Å². The molecule has 1 aromatic carbocycles. The second kappa shape index (κ2) is 9.58. The molecule has 5 nitrogen and oxygen atoms in total. The Bertz CT molecular complexity index is 662. The van der Waals surface area contributed by atoms with Crippen LogP contribution in [0, 0.1) is 12.8 Å². The summed E-state index contributed by atoms with van der Waals surface area (Å²) >= 11 is 3.58. The van der Waals surface area contributed by atoms with E-state index in [-0.39, 0.29) is 12.0 Å². The largest absolute Gasteiger partial charge is 0.444 e. The first-order valence-corrected chi connectivity index (χ1v) is 10.4. The van der Waals surface area contributed by atoms with Gasteiger partial charge in [-0.3, -0.25) is 4.79 Å². The van der Waals surface area contributed by atoms with Crippen LogP contribution < -0.4 is 5.32 Å². The van der Waals surface area contributed by atoms with E-state index in [0.29, 0.717) is 18.9 Å². The maximum Gasteiger partial charge on any atom is 0.407 e. The minimum atomic E-state index is -0.480. The van der Waals surface area contributed by atoms with E-state index >= 15 is 0 Å². The molecule has 27 heavy (non-hydrogen) atoms. The van der Waals surface area contributed by atoms with Crippen molar-refractivity contribution < 1.29 is 14.3 Å². The van der Waals surface area contributed by atoms with E-state index in [9.17, 15) is 9.59 Å². The molecule has 0 saturated carbocycles. The molecule has 1 aliphatic rings. The third kappa shape index (κ3) is 7.53. The van der Waals surface area contributed by atoms with Crippen molar-refractivity contribution in [3.63, 3.8) is 0 Å². The highest BCUT2D eigenvalue weighted by Gasteiger charge is 2.24. The van der Waals surface area contributed by atoms with Gasteiger partial charge in [0.05, 0.1) is 0 Å². The van der Waals surface area contributed by atoms with Crippen molar-refractivity contribution in [1.29, 1.82) is 0 Å². The van der Waals surface area contributed by atoms with Gasteiger partial charge < -0.3 is 15.0 Å². The summed E-state index contributed by atoms with van der Waals surface area (Å²) in [4.78, 5) is 26.2. The molecular formula is C21H31BrN2O3. The van der Waals surface area contributed by atoms with Gasteiger partial charge in [0.15, 0.2) is 0 Å². The van der Waals surface area contributed by atoms with Crippen molar-refractivity contribution in [2.24, 2.45) is 5.92 Å². The van der Waals surface area contributed by atoms with Gasteiger partial charge in [0.2, 0.25) is 5.91 Å². The number of hydrogen-bond acceptors (Lipinski definition) is 3. The van der Waals surface area contributed by atoms with Crippen LogP contribution in [0.3, 0.4) is 0 Å². The maximum absolute atomic E-state index is 12.5. The Morgan fingerprint density at radius 3 is 2.52 bits per heavy atom. The van der Waals surface area contributed by atoms with Crippen molar-refractivity contribution in [2.75, 3.05) is 19.6 Å². The molecule has 150 valence electrons. The number of nitrogens with one attached hydrogen (secondary N) is 1. The lowest BCUT2D eigenvalue weighted by molar-refractivity contribution is -0.132. The maximum atomic E-state index is 12.5. The Balaban J connectivity index is 1.70. The van der Waals surface area contributed by atoms with Crippen LogP contribution in [0.1, 0.15) is 51.2 Å². The summed E-state index contributed by atoms with van der Waals surface area (Å²) in [5.41, 5.74) is 1.90. The number of hydrogen-bond donors (Lipinski definition) is 1. The van der Waals surface area contributed by atoms with E-state index in [0.717, 1.165) is 36.8 Å². The summed E-state index contributed by atoms with van der Waals surface area (Å²) in [7, 11) is 0. The highest BCUT2D eigenvalue weighted by Crippen LogP contribution is 2.21. The lowest BCUT2D eigenvalue weighted by Gasteiger charge is -2.32. The first-order chi connectivity index (χ1) is 12.6. The Labute approximate surface area is 171 Å². The number of amides is 2. The molecular weight excluding hydrogens is 408 g/mol. The normalized spacial score (nSPS) is 15.5. The monoisotopic (exact) mass is 438 g/mol. The quantitative estimate of drug-likeness (QED) is 0.738. The van der Waals surface area contributed by atoms with Crippen LogP contribution in [0.5, 0.6) is 0 Å². The molecule has 2 rings (SSSR count). The van der Waals surface area contributed by atoms with E-state index < -0.39 is 5.60 Å². The molecule has 1 heterocycles. The standard InChI is InChI=1S/C21H31BrN2O3/c1-15-5-6-17(18(22)13-15)7-8-19(25)24-11-9-16(10-12-24)14-23-20(26)27-21(2,3)4/h5-6,13,16H,7-12,14H2,1-4H3,(H,23,26). The molecule has 0 spiro atoms. The summed E-state index contributed by atoms with van der Waals surface area (Å²) in [6.45, 7) is 9.74. The lowest BCUT2D eigenvalue weighted by Crippen LogP contribution is -2.42. The Hall–Kier alpha value is -1.56. The molecule has 2 amide bonds. The molecule has 0 unspecified atom stereocenters. The van der Waals surface area contributed by atoms with Crippen molar-refractivity contribution in [3.8, 4) is 0 Å². The molecule has 1 fully saturated rings. The van der Waals surface area contributed by atoms with Crippen LogP contribution >= 0.6 is 15.9 Å². The Morgan fingerprint density at radius 1 is 1.26 bits per heavy atom. The molecule has 1 N–H and O–H groups in total. The second-order valence-corrected chi connectivity index (χ2v) is 9.16. The number of aryl methyl sites for hydroxylation is 2. The molecule has 0 aliphatic carbocycles.